The Labute approximate surface area is 179 Å². The summed E-state index contributed by atoms with van der Waals surface area (Å²) in [5.41, 5.74) is 0.814. The molecule has 158 valence electrons. The molecule has 3 rings (SSSR count). The van der Waals surface area contributed by atoms with E-state index in [0.29, 0.717) is 40.2 Å². The van der Waals surface area contributed by atoms with Crippen LogP contribution in [0.1, 0.15) is 30.3 Å². The maximum atomic E-state index is 14.3. The summed E-state index contributed by atoms with van der Waals surface area (Å²) in [5.74, 6) is -0.00460. The minimum atomic E-state index is -0.401. The minimum absolute atomic E-state index is 0.155. The second-order valence-corrected chi connectivity index (χ2v) is 7.71. The average Bonchev–Trinajstić information content (AvgIpc) is 2.70. The van der Waals surface area contributed by atoms with Gasteiger partial charge in [-0.25, -0.2) is 9.37 Å². The predicted octanol–water partition coefficient (Wildman–Crippen LogP) is 3.46. The Morgan fingerprint density at radius 1 is 1.23 bits per heavy atom. The van der Waals surface area contributed by atoms with Gasteiger partial charge in [0.15, 0.2) is 0 Å². The number of H-pyrrole nitrogens is 1. The number of amides is 1. The van der Waals surface area contributed by atoms with Crippen LogP contribution >= 0.6 is 11.6 Å². The lowest BCUT2D eigenvalue weighted by molar-refractivity contribution is -0.121. The molecule has 6 nitrogen and oxygen atoms in total. The second kappa shape index (κ2) is 9.82. The summed E-state index contributed by atoms with van der Waals surface area (Å²) in [4.78, 5) is 33.4. The number of aryl methyl sites for hydroxylation is 1. The van der Waals surface area contributed by atoms with Crippen molar-refractivity contribution in [2.45, 2.75) is 25.3 Å². The van der Waals surface area contributed by atoms with Gasteiger partial charge in [-0.15, -0.1) is 0 Å². The Kier molecular flexibility index (Phi) is 7.18. The summed E-state index contributed by atoms with van der Waals surface area (Å²) in [6.45, 7) is 0.234. The quantitative estimate of drug-likeness (QED) is 0.573. The zero-order valence-corrected chi connectivity index (χ0v) is 17.7. The minimum Gasteiger partial charge on any atom is -0.354 e. The highest BCUT2D eigenvalue weighted by Crippen LogP contribution is 2.28. The number of nitrogens with zero attached hydrogens (tertiary/aromatic N) is 2. The summed E-state index contributed by atoms with van der Waals surface area (Å²) >= 11 is 6.17. The van der Waals surface area contributed by atoms with Crippen LogP contribution in [0.3, 0.4) is 0 Å². The number of aromatic amines is 1. The molecule has 0 aliphatic carbocycles. The van der Waals surface area contributed by atoms with E-state index in [0.717, 1.165) is 0 Å². The van der Waals surface area contributed by atoms with Gasteiger partial charge in [0.2, 0.25) is 5.91 Å². The fraction of sp³-hybridized carbons (Fsp3) is 0.318. The molecule has 0 radical (unpaired) electrons. The molecule has 1 unspecified atom stereocenters. The fourth-order valence-corrected chi connectivity index (χ4v) is 3.63. The number of nitrogens with one attached hydrogen (secondary N) is 2. The first-order valence-electron chi connectivity index (χ1n) is 9.72. The summed E-state index contributed by atoms with van der Waals surface area (Å²) in [6, 6.07) is 11.3. The molecule has 0 saturated heterocycles. The first-order chi connectivity index (χ1) is 14.4. The second-order valence-electron chi connectivity index (χ2n) is 7.30. The third-order valence-electron chi connectivity index (χ3n) is 4.93. The lowest BCUT2D eigenvalue weighted by Crippen LogP contribution is -2.35. The lowest BCUT2D eigenvalue weighted by Gasteiger charge is -2.26. The molecule has 8 heteroatoms. The number of halogens is 2. The van der Waals surface area contributed by atoms with E-state index in [1.807, 2.05) is 11.0 Å². The molecule has 1 amide bonds. The van der Waals surface area contributed by atoms with E-state index < -0.39 is 5.82 Å². The molecule has 0 aliphatic heterocycles. The summed E-state index contributed by atoms with van der Waals surface area (Å²) in [5, 5.41) is 3.72. The lowest BCUT2D eigenvalue weighted by atomic mass is 10.0. The van der Waals surface area contributed by atoms with Crippen LogP contribution in [-0.2, 0) is 11.2 Å². The molecule has 1 aromatic heterocycles. The molecule has 0 spiro atoms. The molecule has 30 heavy (non-hydrogen) atoms. The number of hydrogen-bond donors (Lipinski definition) is 2. The number of carbonyl (C=O) groups excluding carboxylic acids is 1. The number of hydrogen-bond acceptors (Lipinski definition) is 4. The van der Waals surface area contributed by atoms with Gasteiger partial charge in [-0.2, -0.15) is 0 Å². The largest absolute Gasteiger partial charge is 0.354 e. The zero-order valence-electron chi connectivity index (χ0n) is 16.9. The smallest absolute Gasteiger partial charge is 0.258 e. The van der Waals surface area contributed by atoms with Gasteiger partial charge in [0.05, 0.1) is 16.9 Å². The molecule has 2 aromatic carbocycles. The van der Waals surface area contributed by atoms with Crippen LogP contribution in [0.2, 0.25) is 5.02 Å². The monoisotopic (exact) mass is 430 g/mol. The fourth-order valence-electron chi connectivity index (χ4n) is 3.34. The number of aromatic nitrogens is 2. The Hall–Kier alpha value is -2.77. The Morgan fingerprint density at radius 2 is 2.00 bits per heavy atom. The Morgan fingerprint density at radius 3 is 2.73 bits per heavy atom. The predicted molar refractivity (Wildman–Crippen MR) is 116 cm³/mol. The molecule has 3 aromatic rings. The van der Waals surface area contributed by atoms with Crippen molar-refractivity contribution in [2.75, 3.05) is 20.6 Å². The van der Waals surface area contributed by atoms with Crippen LogP contribution in [0.5, 0.6) is 0 Å². The van der Waals surface area contributed by atoms with Crippen LogP contribution in [0.25, 0.3) is 10.9 Å². The standard InChI is InChI=1S/C22H24ClFN4O2/c1-28(2)18(21-15(23)8-5-9-16(21)24)13-25-20(29)12-6-11-19-26-17-10-4-3-7-14(17)22(30)27-19/h3-5,7-10,18H,6,11-13H2,1-2H3,(H,25,29)(H,26,27,30). The summed E-state index contributed by atoms with van der Waals surface area (Å²) in [7, 11) is 3.61. The SMILES string of the molecule is CN(C)C(CNC(=O)CCCc1nc2ccccc2c(=O)[nH]1)c1c(F)cccc1Cl. The number of benzene rings is 2. The highest BCUT2D eigenvalue weighted by atomic mass is 35.5. The van der Waals surface area contributed by atoms with Crippen molar-refractivity contribution >= 4 is 28.4 Å². The van der Waals surface area contributed by atoms with Gasteiger partial charge < -0.3 is 15.2 Å². The van der Waals surface area contributed by atoms with Crippen LogP contribution in [-0.4, -0.2) is 41.4 Å². The van der Waals surface area contributed by atoms with Crippen molar-refractivity contribution in [2.24, 2.45) is 0 Å². The van der Waals surface area contributed by atoms with E-state index in [1.54, 1.807) is 44.4 Å². The number of likely N-dealkylation sites (N-methyl/N-ethyl adjacent to an activating group) is 1. The first kappa shape index (κ1) is 21.9. The van der Waals surface area contributed by atoms with E-state index in [9.17, 15) is 14.0 Å². The van der Waals surface area contributed by atoms with Crippen LogP contribution in [0.4, 0.5) is 4.39 Å². The van der Waals surface area contributed by atoms with Crippen LogP contribution in [0.15, 0.2) is 47.3 Å². The van der Waals surface area contributed by atoms with E-state index in [2.05, 4.69) is 15.3 Å². The summed E-state index contributed by atoms with van der Waals surface area (Å²) in [6.07, 6.45) is 1.27. The van der Waals surface area contributed by atoms with Crippen molar-refractivity contribution in [1.82, 2.24) is 20.2 Å². The maximum absolute atomic E-state index is 14.3. The molecule has 0 fully saturated rings. The topological polar surface area (TPSA) is 78.1 Å². The van der Waals surface area contributed by atoms with Gasteiger partial charge in [0.1, 0.15) is 11.6 Å². The molecule has 2 N–H and O–H groups in total. The van der Waals surface area contributed by atoms with Crippen LogP contribution in [0, 0.1) is 5.82 Å². The van der Waals surface area contributed by atoms with E-state index in [-0.39, 0.29) is 30.5 Å². The third-order valence-corrected chi connectivity index (χ3v) is 5.26. The van der Waals surface area contributed by atoms with Gasteiger partial charge in [-0.1, -0.05) is 29.8 Å². The summed E-state index contributed by atoms with van der Waals surface area (Å²) < 4.78 is 14.3. The van der Waals surface area contributed by atoms with Gasteiger partial charge in [0, 0.05) is 30.0 Å². The number of rotatable bonds is 8. The first-order valence-corrected chi connectivity index (χ1v) is 10.1. The highest BCUT2D eigenvalue weighted by Gasteiger charge is 2.21. The van der Waals surface area contributed by atoms with Crippen molar-refractivity contribution in [3.63, 3.8) is 0 Å². The third kappa shape index (κ3) is 5.23. The molecule has 0 aliphatic rings. The van der Waals surface area contributed by atoms with Crippen molar-refractivity contribution in [3.05, 3.63) is 75.0 Å². The molecule has 0 saturated carbocycles. The van der Waals surface area contributed by atoms with E-state index >= 15 is 0 Å². The number of carbonyl (C=O) groups is 1. The van der Waals surface area contributed by atoms with Gasteiger partial charge in [0.25, 0.3) is 5.56 Å². The number of fused-ring (bicyclic) bond motifs is 1. The molecular weight excluding hydrogens is 407 g/mol. The van der Waals surface area contributed by atoms with E-state index in [1.165, 1.54) is 6.07 Å². The molecule has 1 atom stereocenters. The van der Waals surface area contributed by atoms with E-state index in [4.69, 9.17) is 11.6 Å². The molecule has 1 heterocycles. The van der Waals surface area contributed by atoms with Crippen molar-refractivity contribution in [1.29, 1.82) is 0 Å². The number of para-hydroxylation sites is 1. The average molecular weight is 431 g/mol. The van der Waals surface area contributed by atoms with Crippen molar-refractivity contribution < 1.29 is 9.18 Å². The maximum Gasteiger partial charge on any atom is 0.258 e. The molecule has 0 bridgehead atoms. The van der Waals surface area contributed by atoms with Crippen LogP contribution < -0.4 is 10.9 Å². The van der Waals surface area contributed by atoms with Gasteiger partial charge in [-0.3, -0.25) is 9.59 Å². The van der Waals surface area contributed by atoms with Crippen molar-refractivity contribution in [3.8, 4) is 0 Å². The van der Waals surface area contributed by atoms with Gasteiger partial charge >= 0.3 is 0 Å². The molecular formula is C22H24ClFN4O2. The van der Waals surface area contributed by atoms with Gasteiger partial charge in [-0.05, 0) is 44.8 Å². The highest BCUT2D eigenvalue weighted by molar-refractivity contribution is 6.31. The Bertz CT molecular complexity index is 1080. The Balaban J connectivity index is 1.56. The normalized spacial score (nSPS) is 12.3. The zero-order chi connectivity index (χ0) is 21.7.